The van der Waals surface area contributed by atoms with Crippen LogP contribution in [0, 0.1) is 0 Å². The van der Waals surface area contributed by atoms with Crippen LogP contribution in [0.5, 0.6) is 5.75 Å². The molecule has 2 rings (SSSR count). The highest BCUT2D eigenvalue weighted by molar-refractivity contribution is 8.13. The molecule has 4 N–H and O–H groups in total. The normalized spacial score (nSPS) is 12.0. The smallest absolute Gasteiger partial charge is 0.276 e. The number of thioether (sulfide) groups is 1. The molecule has 0 bridgehead atoms. The van der Waals surface area contributed by atoms with Crippen molar-refractivity contribution < 1.29 is 19.1 Å². The van der Waals surface area contributed by atoms with E-state index in [2.05, 4.69) is 10.6 Å². The Morgan fingerprint density at radius 2 is 1.67 bits per heavy atom. The van der Waals surface area contributed by atoms with Crippen molar-refractivity contribution in [3.8, 4) is 5.75 Å². The zero-order valence-corrected chi connectivity index (χ0v) is 20.2. The average molecular weight is 472 g/mol. The first-order chi connectivity index (χ1) is 15.6. The van der Waals surface area contributed by atoms with E-state index >= 15 is 0 Å². The van der Waals surface area contributed by atoms with Gasteiger partial charge in [-0.15, -0.1) is 0 Å². The Hall–Kier alpha value is -3.00. The van der Waals surface area contributed by atoms with Crippen LogP contribution in [0.25, 0.3) is 0 Å². The third-order valence-corrected chi connectivity index (χ3v) is 5.33. The highest BCUT2D eigenvalue weighted by atomic mass is 32.2. The number of benzene rings is 2. The molecule has 1 unspecified atom stereocenters. The Bertz CT molecular complexity index is 911. The van der Waals surface area contributed by atoms with E-state index in [1.165, 1.54) is 0 Å². The lowest BCUT2D eigenvalue weighted by molar-refractivity contribution is -0.129. The van der Waals surface area contributed by atoms with Crippen LogP contribution in [0.3, 0.4) is 0 Å². The van der Waals surface area contributed by atoms with Crippen molar-refractivity contribution in [2.45, 2.75) is 58.2 Å². The summed E-state index contributed by atoms with van der Waals surface area (Å²) >= 11 is 0.980. The van der Waals surface area contributed by atoms with Gasteiger partial charge in [0.1, 0.15) is 18.4 Å². The van der Waals surface area contributed by atoms with Gasteiger partial charge in [0.2, 0.25) is 11.8 Å². The van der Waals surface area contributed by atoms with E-state index in [9.17, 15) is 14.4 Å². The summed E-state index contributed by atoms with van der Waals surface area (Å²) in [5, 5.41) is 5.30. The minimum absolute atomic E-state index is 0.214. The van der Waals surface area contributed by atoms with E-state index in [0.717, 1.165) is 28.6 Å². The maximum atomic E-state index is 12.8. The van der Waals surface area contributed by atoms with E-state index in [-0.39, 0.29) is 18.2 Å². The summed E-state index contributed by atoms with van der Waals surface area (Å²) in [7, 11) is 0. The molecule has 2 aromatic carbocycles. The third-order valence-electron chi connectivity index (χ3n) is 4.55. The van der Waals surface area contributed by atoms with E-state index < -0.39 is 16.8 Å². The largest absolute Gasteiger partial charge is 0.489 e. The number of nitrogens with two attached hydrogens (primary N) is 1. The maximum absolute atomic E-state index is 12.8. The SMILES string of the molecule is CC(C)(C)NC(=O)C(Cc1ccc(OCc2ccccc2)cc1)NC(=O)CCCSC(N)=O. The van der Waals surface area contributed by atoms with Crippen molar-refractivity contribution in [2.24, 2.45) is 5.73 Å². The zero-order chi connectivity index (χ0) is 24.3. The second kappa shape index (κ2) is 12.9. The number of rotatable bonds is 11. The Kier molecular flexibility index (Phi) is 10.3. The molecule has 0 aromatic heterocycles. The topological polar surface area (TPSA) is 111 Å². The van der Waals surface area contributed by atoms with Crippen LogP contribution in [0.1, 0.15) is 44.7 Å². The highest BCUT2D eigenvalue weighted by Gasteiger charge is 2.24. The molecule has 0 spiro atoms. The first-order valence-corrected chi connectivity index (χ1v) is 11.9. The fourth-order valence-corrected chi connectivity index (χ4v) is 3.53. The molecule has 0 aliphatic carbocycles. The molecule has 8 heteroatoms. The molecule has 0 saturated heterocycles. The molecular weight excluding hydrogens is 438 g/mol. The lowest BCUT2D eigenvalue weighted by atomic mass is 10.0. The van der Waals surface area contributed by atoms with Gasteiger partial charge in [-0.25, -0.2) is 0 Å². The maximum Gasteiger partial charge on any atom is 0.276 e. The number of hydrogen-bond donors (Lipinski definition) is 3. The van der Waals surface area contributed by atoms with E-state index in [0.29, 0.717) is 25.2 Å². The lowest BCUT2D eigenvalue weighted by Crippen LogP contribution is -2.53. The summed E-state index contributed by atoms with van der Waals surface area (Å²) in [4.78, 5) is 36.0. The number of carbonyl (C=O) groups excluding carboxylic acids is 3. The Labute approximate surface area is 199 Å². The average Bonchev–Trinajstić information content (AvgIpc) is 2.75. The van der Waals surface area contributed by atoms with Gasteiger partial charge in [0.15, 0.2) is 0 Å². The molecule has 0 radical (unpaired) electrons. The molecule has 33 heavy (non-hydrogen) atoms. The monoisotopic (exact) mass is 471 g/mol. The number of nitrogens with one attached hydrogen (secondary N) is 2. The highest BCUT2D eigenvalue weighted by Crippen LogP contribution is 2.16. The second-order valence-corrected chi connectivity index (χ2v) is 9.85. The van der Waals surface area contributed by atoms with Gasteiger partial charge >= 0.3 is 0 Å². The van der Waals surface area contributed by atoms with Crippen LogP contribution in [0.15, 0.2) is 54.6 Å². The number of ether oxygens (including phenoxy) is 1. The van der Waals surface area contributed by atoms with E-state index in [1.807, 2.05) is 75.4 Å². The summed E-state index contributed by atoms with van der Waals surface area (Å²) in [5.74, 6) is 0.712. The standard InChI is InChI=1S/C25H33N3O4S/c1-25(2,3)28-23(30)21(27-22(29)10-7-15-33-24(26)31)16-18-11-13-20(14-12-18)32-17-19-8-5-4-6-9-19/h4-6,8-9,11-14,21H,7,10,15-17H2,1-3H3,(H2,26,31)(H,27,29)(H,28,30). The van der Waals surface area contributed by atoms with Gasteiger partial charge in [0.25, 0.3) is 5.24 Å². The van der Waals surface area contributed by atoms with Crippen LogP contribution in [-0.2, 0) is 22.6 Å². The molecule has 3 amide bonds. The van der Waals surface area contributed by atoms with Crippen molar-refractivity contribution >= 4 is 28.8 Å². The summed E-state index contributed by atoms with van der Waals surface area (Å²) in [6.45, 7) is 6.15. The van der Waals surface area contributed by atoms with Crippen LogP contribution < -0.4 is 21.1 Å². The minimum Gasteiger partial charge on any atom is -0.489 e. The summed E-state index contributed by atoms with van der Waals surface area (Å²) in [6, 6.07) is 16.7. The molecule has 2 aromatic rings. The van der Waals surface area contributed by atoms with Crippen LogP contribution in [-0.4, -0.2) is 34.4 Å². The zero-order valence-electron chi connectivity index (χ0n) is 19.4. The van der Waals surface area contributed by atoms with Gasteiger partial charge in [-0.05, 0) is 50.5 Å². The van der Waals surface area contributed by atoms with Gasteiger partial charge < -0.3 is 21.1 Å². The van der Waals surface area contributed by atoms with Crippen molar-refractivity contribution in [2.75, 3.05) is 5.75 Å². The van der Waals surface area contributed by atoms with Gasteiger partial charge in [-0.1, -0.05) is 54.2 Å². The predicted molar refractivity (Wildman–Crippen MR) is 132 cm³/mol. The van der Waals surface area contributed by atoms with Crippen molar-refractivity contribution in [3.63, 3.8) is 0 Å². The Balaban J connectivity index is 1.97. The molecule has 7 nitrogen and oxygen atoms in total. The van der Waals surface area contributed by atoms with Gasteiger partial charge in [0, 0.05) is 24.1 Å². The first kappa shape index (κ1) is 26.3. The molecule has 0 aliphatic heterocycles. The molecule has 0 fully saturated rings. The first-order valence-electron chi connectivity index (χ1n) is 10.9. The number of amides is 3. The van der Waals surface area contributed by atoms with Crippen molar-refractivity contribution in [1.82, 2.24) is 10.6 Å². The fraction of sp³-hybridized carbons (Fsp3) is 0.400. The van der Waals surface area contributed by atoms with Crippen molar-refractivity contribution in [3.05, 3.63) is 65.7 Å². The lowest BCUT2D eigenvalue weighted by Gasteiger charge is -2.25. The molecule has 178 valence electrons. The molecule has 0 aliphatic rings. The number of carbonyl (C=O) groups is 3. The van der Waals surface area contributed by atoms with Crippen LogP contribution in [0.2, 0.25) is 0 Å². The summed E-state index contributed by atoms with van der Waals surface area (Å²) in [5.41, 5.74) is 6.66. The Morgan fingerprint density at radius 3 is 2.27 bits per heavy atom. The number of primary amides is 1. The van der Waals surface area contributed by atoms with Gasteiger partial charge in [0.05, 0.1) is 0 Å². The van der Waals surface area contributed by atoms with Crippen molar-refractivity contribution in [1.29, 1.82) is 0 Å². The fourth-order valence-electron chi connectivity index (χ4n) is 3.04. The third kappa shape index (κ3) is 10.9. The summed E-state index contributed by atoms with van der Waals surface area (Å²) < 4.78 is 5.82. The van der Waals surface area contributed by atoms with E-state index in [4.69, 9.17) is 10.5 Å². The van der Waals surface area contributed by atoms with Crippen LogP contribution >= 0.6 is 11.8 Å². The van der Waals surface area contributed by atoms with Crippen LogP contribution in [0.4, 0.5) is 4.79 Å². The van der Waals surface area contributed by atoms with E-state index in [1.54, 1.807) is 0 Å². The molecule has 0 saturated carbocycles. The minimum atomic E-state index is -0.711. The predicted octanol–water partition coefficient (Wildman–Crippen LogP) is 3.80. The Morgan fingerprint density at radius 1 is 1.00 bits per heavy atom. The van der Waals surface area contributed by atoms with Gasteiger partial charge in [-0.3, -0.25) is 14.4 Å². The molecular formula is C25H33N3O4S. The summed E-state index contributed by atoms with van der Waals surface area (Å²) in [6.07, 6.45) is 1.06. The molecule has 1 atom stereocenters. The van der Waals surface area contributed by atoms with Gasteiger partial charge in [-0.2, -0.15) is 0 Å². The second-order valence-electron chi connectivity index (χ2n) is 8.75. The number of hydrogen-bond acceptors (Lipinski definition) is 5. The quantitative estimate of drug-likeness (QED) is 0.432. The molecule has 0 heterocycles.